The van der Waals surface area contributed by atoms with Crippen LogP contribution in [0.4, 0.5) is 4.79 Å². The number of amides is 4. The van der Waals surface area contributed by atoms with Gasteiger partial charge in [-0.05, 0) is 37.5 Å². The van der Waals surface area contributed by atoms with E-state index in [4.69, 9.17) is 9.47 Å². The number of nitrogens with one attached hydrogen (secondary N) is 2. The van der Waals surface area contributed by atoms with Crippen molar-refractivity contribution in [3.05, 3.63) is 23.8 Å². The number of nitrogens with zero attached hydrogens (tertiary/aromatic N) is 1. The third-order valence-electron chi connectivity index (χ3n) is 5.55. The second-order valence-electron chi connectivity index (χ2n) is 7.33. The summed E-state index contributed by atoms with van der Waals surface area (Å²) in [4.78, 5) is 38.3. The van der Waals surface area contributed by atoms with E-state index in [1.165, 1.54) is 4.90 Å². The summed E-state index contributed by atoms with van der Waals surface area (Å²) in [6.07, 6.45) is 3.28. The lowest BCUT2D eigenvalue weighted by Crippen LogP contribution is -2.44. The Bertz CT molecular complexity index is 773. The molecular weight excluding hydrogens is 362 g/mol. The molecule has 8 nitrogen and oxygen atoms in total. The SMILES string of the molecule is COc1ccc([C@@H](C)NC(=O)CCN2C(=O)NC3(CCCC3)C2=O)cc1OC. The summed E-state index contributed by atoms with van der Waals surface area (Å²) in [7, 11) is 3.12. The molecule has 152 valence electrons. The zero-order valence-corrected chi connectivity index (χ0v) is 16.5. The van der Waals surface area contributed by atoms with Crippen molar-refractivity contribution in [2.45, 2.75) is 50.6 Å². The fourth-order valence-electron chi connectivity index (χ4n) is 3.93. The summed E-state index contributed by atoms with van der Waals surface area (Å²) in [6, 6.07) is 4.80. The summed E-state index contributed by atoms with van der Waals surface area (Å²) in [5.41, 5.74) is 0.131. The highest BCUT2D eigenvalue weighted by Crippen LogP contribution is 2.35. The van der Waals surface area contributed by atoms with Crippen molar-refractivity contribution in [2.24, 2.45) is 0 Å². The Hall–Kier alpha value is -2.77. The van der Waals surface area contributed by atoms with Crippen LogP contribution in [0.2, 0.25) is 0 Å². The van der Waals surface area contributed by atoms with Crippen LogP contribution in [0.5, 0.6) is 11.5 Å². The van der Waals surface area contributed by atoms with Gasteiger partial charge in [-0.2, -0.15) is 0 Å². The minimum Gasteiger partial charge on any atom is -0.493 e. The first-order valence-corrected chi connectivity index (χ1v) is 9.55. The molecule has 8 heteroatoms. The van der Waals surface area contributed by atoms with E-state index >= 15 is 0 Å². The number of methoxy groups -OCH3 is 2. The molecule has 0 radical (unpaired) electrons. The summed E-state index contributed by atoms with van der Waals surface area (Å²) in [6.45, 7) is 1.94. The van der Waals surface area contributed by atoms with Gasteiger partial charge in [0.2, 0.25) is 5.91 Å². The van der Waals surface area contributed by atoms with Crippen LogP contribution in [0, 0.1) is 0 Å². The van der Waals surface area contributed by atoms with Crippen LogP contribution in [-0.2, 0) is 9.59 Å². The average Bonchev–Trinajstić information content (AvgIpc) is 3.25. The minimum absolute atomic E-state index is 0.0624. The van der Waals surface area contributed by atoms with Crippen LogP contribution in [0.1, 0.15) is 50.6 Å². The molecule has 1 aromatic carbocycles. The van der Waals surface area contributed by atoms with Gasteiger partial charge in [0.25, 0.3) is 5.91 Å². The molecule has 3 rings (SSSR count). The van der Waals surface area contributed by atoms with E-state index in [-0.39, 0.29) is 30.8 Å². The summed E-state index contributed by atoms with van der Waals surface area (Å²) < 4.78 is 10.5. The lowest BCUT2D eigenvalue weighted by molar-refractivity contribution is -0.131. The molecule has 1 saturated heterocycles. The Balaban J connectivity index is 1.56. The number of hydrogen-bond acceptors (Lipinski definition) is 5. The van der Waals surface area contributed by atoms with E-state index < -0.39 is 11.6 Å². The molecule has 2 fully saturated rings. The summed E-state index contributed by atoms with van der Waals surface area (Å²) in [5.74, 6) is 0.775. The number of rotatable bonds is 7. The second-order valence-corrected chi connectivity index (χ2v) is 7.33. The summed E-state index contributed by atoms with van der Waals surface area (Å²) in [5, 5.41) is 5.72. The zero-order valence-electron chi connectivity index (χ0n) is 16.5. The Morgan fingerprint density at radius 2 is 1.89 bits per heavy atom. The van der Waals surface area contributed by atoms with Crippen molar-refractivity contribution in [3.8, 4) is 11.5 Å². The molecule has 28 heavy (non-hydrogen) atoms. The van der Waals surface area contributed by atoms with Gasteiger partial charge in [-0.25, -0.2) is 4.79 Å². The third kappa shape index (κ3) is 3.76. The molecule has 1 spiro atoms. The Morgan fingerprint density at radius 3 is 2.54 bits per heavy atom. The number of benzene rings is 1. The van der Waals surface area contributed by atoms with E-state index in [1.54, 1.807) is 20.3 Å². The molecule has 2 N–H and O–H groups in total. The molecule has 4 amide bonds. The standard InChI is InChI=1S/C20H27N3O5/c1-13(14-6-7-15(27-2)16(12-14)28-3)21-17(24)8-11-23-18(25)20(22-19(23)26)9-4-5-10-20/h6-7,12-13H,4-5,8-11H2,1-3H3,(H,21,24)(H,22,26)/t13-/m1/s1. The monoisotopic (exact) mass is 389 g/mol. The quantitative estimate of drug-likeness (QED) is 0.697. The van der Waals surface area contributed by atoms with Crippen molar-refractivity contribution in [1.82, 2.24) is 15.5 Å². The summed E-state index contributed by atoms with van der Waals surface area (Å²) >= 11 is 0. The molecule has 1 saturated carbocycles. The number of hydrogen-bond donors (Lipinski definition) is 2. The number of carbonyl (C=O) groups excluding carboxylic acids is 3. The van der Waals surface area contributed by atoms with Crippen LogP contribution in [0.25, 0.3) is 0 Å². The predicted octanol–water partition coefficient (Wildman–Crippen LogP) is 2.14. The van der Waals surface area contributed by atoms with E-state index in [9.17, 15) is 14.4 Å². The molecule has 1 aliphatic carbocycles. The smallest absolute Gasteiger partial charge is 0.325 e. The molecule has 2 aliphatic rings. The largest absolute Gasteiger partial charge is 0.493 e. The van der Waals surface area contributed by atoms with Gasteiger partial charge in [0.1, 0.15) is 5.54 Å². The Morgan fingerprint density at radius 1 is 1.21 bits per heavy atom. The molecule has 1 aliphatic heterocycles. The van der Waals surface area contributed by atoms with Gasteiger partial charge in [-0.15, -0.1) is 0 Å². The molecule has 0 unspecified atom stereocenters. The van der Waals surface area contributed by atoms with Gasteiger partial charge in [0, 0.05) is 13.0 Å². The van der Waals surface area contributed by atoms with Gasteiger partial charge >= 0.3 is 6.03 Å². The molecule has 1 aromatic rings. The normalized spacial score (nSPS) is 18.9. The van der Waals surface area contributed by atoms with E-state index in [2.05, 4.69) is 10.6 Å². The van der Waals surface area contributed by atoms with Gasteiger partial charge in [0.15, 0.2) is 11.5 Å². The number of ether oxygens (including phenoxy) is 2. The molecule has 0 bridgehead atoms. The fraction of sp³-hybridized carbons (Fsp3) is 0.550. The lowest BCUT2D eigenvalue weighted by atomic mass is 9.98. The van der Waals surface area contributed by atoms with E-state index in [1.807, 2.05) is 19.1 Å². The topological polar surface area (TPSA) is 97.0 Å². The minimum atomic E-state index is -0.736. The molecular formula is C20H27N3O5. The second kappa shape index (κ2) is 8.08. The van der Waals surface area contributed by atoms with Crippen LogP contribution < -0.4 is 20.1 Å². The zero-order chi connectivity index (χ0) is 20.3. The van der Waals surface area contributed by atoms with Crippen LogP contribution in [0.15, 0.2) is 18.2 Å². The van der Waals surface area contributed by atoms with Gasteiger partial charge in [0.05, 0.1) is 20.3 Å². The maximum atomic E-state index is 12.6. The molecule has 1 heterocycles. The van der Waals surface area contributed by atoms with Gasteiger partial charge in [-0.1, -0.05) is 18.9 Å². The Labute approximate surface area is 164 Å². The lowest BCUT2D eigenvalue weighted by Gasteiger charge is -2.20. The van der Waals surface area contributed by atoms with Crippen LogP contribution in [-0.4, -0.2) is 49.0 Å². The highest BCUT2D eigenvalue weighted by molar-refractivity contribution is 6.07. The van der Waals surface area contributed by atoms with E-state index in [0.717, 1.165) is 18.4 Å². The van der Waals surface area contributed by atoms with E-state index in [0.29, 0.717) is 24.3 Å². The maximum absolute atomic E-state index is 12.6. The van der Waals surface area contributed by atoms with Crippen LogP contribution >= 0.6 is 0 Å². The number of urea groups is 1. The van der Waals surface area contributed by atoms with Crippen molar-refractivity contribution >= 4 is 17.8 Å². The van der Waals surface area contributed by atoms with Crippen molar-refractivity contribution in [3.63, 3.8) is 0 Å². The maximum Gasteiger partial charge on any atom is 0.325 e. The average molecular weight is 389 g/mol. The number of carbonyl (C=O) groups is 3. The van der Waals surface area contributed by atoms with Crippen molar-refractivity contribution < 1.29 is 23.9 Å². The molecule has 1 atom stereocenters. The van der Waals surface area contributed by atoms with Crippen LogP contribution in [0.3, 0.4) is 0 Å². The first-order chi connectivity index (χ1) is 13.4. The van der Waals surface area contributed by atoms with Gasteiger partial charge < -0.3 is 20.1 Å². The van der Waals surface area contributed by atoms with Crippen molar-refractivity contribution in [1.29, 1.82) is 0 Å². The highest BCUT2D eigenvalue weighted by atomic mass is 16.5. The highest BCUT2D eigenvalue weighted by Gasteiger charge is 2.52. The predicted molar refractivity (Wildman–Crippen MR) is 102 cm³/mol. The molecule has 0 aromatic heterocycles. The Kier molecular flexibility index (Phi) is 5.76. The number of imide groups is 1. The van der Waals surface area contributed by atoms with Gasteiger partial charge in [-0.3, -0.25) is 14.5 Å². The first-order valence-electron chi connectivity index (χ1n) is 9.55. The first kappa shape index (κ1) is 20.0. The third-order valence-corrected chi connectivity index (χ3v) is 5.55. The van der Waals surface area contributed by atoms with Crippen molar-refractivity contribution in [2.75, 3.05) is 20.8 Å². The fourth-order valence-corrected chi connectivity index (χ4v) is 3.93.